The number of carbonyl (C=O) groups is 2. The van der Waals surface area contributed by atoms with E-state index in [1.54, 1.807) is 5.32 Å². The maximum Gasteiger partial charge on any atom is 0.328 e. The topological polar surface area (TPSA) is 78.9 Å². The van der Waals surface area contributed by atoms with Gasteiger partial charge in [-0.05, 0) is 15.9 Å². The van der Waals surface area contributed by atoms with Crippen LogP contribution < -0.4 is 5.32 Å². The molecule has 0 radical (unpaired) electrons. The molecule has 3 unspecified atom stereocenters. The van der Waals surface area contributed by atoms with Crippen LogP contribution in [0.4, 0.5) is 9.18 Å². The molecule has 2 N–H and O–H groups in total. The molecule has 0 bridgehead atoms. The Labute approximate surface area is 86.1 Å². The zero-order valence-corrected chi connectivity index (χ0v) is 8.32. The lowest BCUT2D eigenvalue weighted by molar-refractivity contribution is -0.140. The Hall–Kier alpha value is -0.730. The van der Waals surface area contributed by atoms with Crippen molar-refractivity contribution in [3.8, 4) is 0 Å². The van der Waals surface area contributed by atoms with Gasteiger partial charge in [0.2, 0.25) is 0 Å². The second kappa shape index (κ2) is 2.88. The van der Waals surface area contributed by atoms with Crippen LogP contribution in [-0.2, 0) is 9.53 Å². The minimum absolute atomic E-state index is 0.220. The first kappa shape index (κ1) is 9.81. The minimum Gasteiger partial charge on any atom is -0.371 e. The normalized spacial score (nSPS) is 42.4. The molecule has 3 atom stereocenters. The van der Waals surface area contributed by atoms with E-state index in [9.17, 15) is 19.1 Å². The lowest BCUT2D eigenvalue weighted by Crippen LogP contribution is -2.65. The summed E-state index contributed by atoms with van der Waals surface area (Å²) in [4.78, 5) is 22.9. The minimum atomic E-state index is -2.52. The first-order valence-electron chi connectivity index (χ1n) is 3.76. The second-order valence-corrected chi connectivity index (χ2v) is 4.11. The molecule has 3 amide bonds. The maximum atomic E-state index is 13.6. The van der Waals surface area contributed by atoms with E-state index in [0.29, 0.717) is 0 Å². The van der Waals surface area contributed by atoms with Gasteiger partial charge in [-0.2, -0.15) is 0 Å². The molecule has 0 aromatic carbocycles. The third-order valence-electron chi connectivity index (χ3n) is 2.04. The fraction of sp³-hybridized carbons (Fsp3) is 0.667. The molecule has 2 aliphatic heterocycles. The van der Waals surface area contributed by atoms with Crippen LogP contribution in [0.5, 0.6) is 0 Å². The van der Waals surface area contributed by atoms with E-state index in [2.05, 4.69) is 15.9 Å². The van der Waals surface area contributed by atoms with E-state index in [1.807, 2.05) is 0 Å². The van der Waals surface area contributed by atoms with E-state index in [4.69, 9.17) is 4.74 Å². The SMILES string of the molecule is O=C1NC(=O)C(F)(Br)C2OCC(O)N12. The Morgan fingerprint density at radius 3 is 3.00 bits per heavy atom. The summed E-state index contributed by atoms with van der Waals surface area (Å²) in [6.07, 6.45) is -2.65. The molecule has 8 heteroatoms. The smallest absolute Gasteiger partial charge is 0.328 e. The molecule has 0 saturated carbocycles. The third-order valence-corrected chi connectivity index (χ3v) is 2.80. The van der Waals surface area contributed by atoms with Crippen molar-refractivity contribution >= 4 is 27.9 Å². The quantitative estimate of drug-likeness (QED) is 0.568. The average molecular weight is 269 g/mol. The molecule has 2 aliphatic rings. The number of ether oxygens (including phenoxy) is 1. The van der Waals surface area contributed by atoms with Crippen LogP contribution in [0.3, 0.4) is 0 Å². The molecule has 2 saturated heterocycles. The number of alkyl halides is 2. The molecule has 14 heavy (non-hydrogen) atoms. The van der Waals surface area contributed by atoms with Crippen LogP contribution in [0.2, 0.25) is 0 Å². The summed E-state index contributed by atoms with van der Waals surface area (Å²) < 4.78 is 15.9. The van der Waals surface area contributed by atoms with Crippen LogP contribution in [0.1, 0.15) is 0 Å². The number of nitrogens with one attached hydrogen (secondary N) is 1. The lowest BCUT2D eigenvalue weighted by atomic mass is 10.2. The van der Waals surface area contributed by atoms with E-state index >= 15 is 0 Å². The molecule has 0 aromatic heterocycles. The van der Waals surface area contributed by atoms with E-state index in [1.165, 1.54) is 0 Å². The number of nitrogens with zero attached hydrogens (tertiary/aromatic N) is 1. The second-order valence-electron chi connectivity index (χ2n) is 2.96. The summed E-state index contributed by atoms with van der Waals surface area (Å²) >= 11 is 2.51. The molecule has 0 aliphatic carbocycles. The summed E-state index contributed by atoms with van der Waals surface area (Å²) in [6.45, 7) is -0.220. The van der Waals surface area contributed by atoms with Gasteiger partial charge in [-0.1, -0.05) is 0 Å². The predicted molar refractivity (Wildman–Crippen MR) is 43.9 cm³/mol. The summed E-state index contributed by atoms with van der Waals surface area (Å²) in [7, 11) is 0. The summed E-state index contributed by atoms with van der Waals surface area (Å²) in [5.74, 6) is -1.13. The molecule has 0 spiro atoms. The van der Waals surface area contributed by atoms with Gasteiger partial charge in [-0.15, -0.1) is 0 Å². The number of imide groups is 1. The highest BCUT2D eigenvalue weighted by Gasteiger charge is 2.58. The van der Waals surface area contributed by atoms with Crippen LogP contribution in [-0.4, -0.2) is 45.6 Å². The zero-order valence-electron chi connectivity index (χ0n) is 6.74. The maximum absolute atomic E-state index is 13.6. The van der Waals surface area contributed by atoms with E-state index in [-0.39, 0.29) is 6.61 Å². The Morgan fingerprint density at radius 2 is 2.36 bits per heavy atom. The highest BCUT2D eigenvalue weighted by atomic mass is 79.9. The van der Waals surface area contributed by atoms with Crippen LogP contribution in [0.25, 0.3) is 0 Å². The van der Waals surface area contributed by atoms with Gasteiger partial charge in [0.15, 0.2) is 12.5 Å². The molecular weight excluding hydrogens is 263 g/mol. The van der Waals surface area contributed by atoms with Crippen molar-refractivity contribution < 1.29 is 23.8 Å². The van der Waals surface area contributed by atoms with Crippen molar-refractivity contribution in [1.82, 2.24) is 10.2 Å². The van der Waals surface area contributed by atoms with E-state index in [0.717, 1.165) is 4.90 Å². The Kier molecular flexibility index (Phi) is 2.02. The summed E-state index contributed by atoms with van der Waals surface area (Å²) in [6, 6.07) is -0.863. The Bertz CT molecular complexity index is 310. The number of hydrogen-bond acceptors (Lipinski definition) is 4. The number of amides is 3. The molecule has 2 rings (SSSR count). The first-order valence-corrected chi connectivity index (χ1v) is 4.55. The largest absolute Gasteiger partial charge is 0.371 e. The predicted octanol–water partition coefficient (Wildman–Crippen LogP) is -0.726. The van der Waals surface area contributed by atoms with Crippen molar-refractivity contribution in [1.29, 1.82) is 0 Å². The van der Waals surface area contributed by atoms with Gasteiger partial charge < -0.3 is 9.84 Å². The number of urea groups is 1. The van der Waals surface area contributed by atoms with Crippen molar-refractivity contribution in [3.05, 3.63) is 0 Å². The van der Waals surface area contributed by atoms with Crippen molar-refractivity contribution in [2.24, 2.45) is 0 Å². The first-order chi connectivity index (χ1) is 6.44. The number of halogens is 2. The van der Waals surface area contributed by atoms with E-state index < -0.39 is 29.0 Å². The van der Waals surface area contributed by atoms with Crippen molar-refractivity contribution in [2.45, 2.75) is 17.0 Å². The fourth-order valence-electron chi connectivity index (χ4n) is 1.37. The fourth-order valence-corrected chi connectivity index (χ4v) is 1.82. The van der Waals surface area contributed by atoms with Crippen LogP contribution in [0.15, 0.2) is 0 Å². The molecule has 0 aromatic rings. The molecule has 2 heterocycles. The van der Waals surface area contributed by atoms with Crippen molar-refractivity contribution in [3.63, 3.8) is 0 Å². The Balaban J connectivity index is 2.35. The molecule has 2 fully saturated rings. The number of aliphatic hydroxyl groups is 1. The summed E-state index contributed by atoms with van der Waals surface area (Å²) in [5.41, 5.74) is 0. The van der Waals surface area contributed by atoms with Gasteiger partial charge in [0.25, 0.3) is 10.5 Å². The zero-order chi connectivity index (χ0) is 10.5. The highest BCUT2D eigenvalue weighted by Crippen LogP contribution is 2.36. The number of hydrogen-bond donors (Lipinski definition) is 2. The Morgan fingerprint density at radius 1 is 1.71 bits per heavy atom. The van der Waals surface area contributed by atoms with Gasteiger partial charge in [0.05, 0.1) is 6.61 Å². The standard InChI is InChI=1S/C6H6BrFN2O4/c7-6(8)3(12)9-5(13)10-2(11)1-14-4(6)10/h2,4,11H,1H2,(H,9,12,13). The van der Waals surface area contributed by atoms with Gasteiger partial charge in [0, 0.05) is 0 Å². The third kappa shape index (κ3) is 1.14. The molecule has 6 nitrogen and oxygen atoms in total. The van der Waals surface area contributed by atoms with Crippen molar-refractivity contribution in [2.75, 3.05) is 6.61 Å². The van der Waals surface area contributed by atoms with Crippen LogP contribution in [0, 0.1) is 0 Å². The summed E-state index contributed by atoms with van der Waals surface area (Å²) in [5, 5.41) is 11.0. The number of fused-ring (bicyclic) bond motifs is 1. The number of aliphatic hydroxyl groups excluding tert-OH is 1. The average Bonchev–Trinajstić information content (AvgIpc) is 2.45. The number of carbonyl (C=O) groups excluding carboxylic acids is 2. The van der Waals surface area contributed by atoms with Crippen LogP contribution >= 0.6 is 15.9 Å². The molecule has 78 valence electrons. The van der Waals surface area contributed by atoms with Gasteiger partial charge in [0.1, 0.15) is 0 Å². The lowest BCUT2D eigenvalue weighted by Gasteiger charge is -2.35. The monoisotopic (exact) mass is 268 g/mol. The number of rotatable bonds is 0. The van der Waals surface area contributed by atoms with Gasteiger partial charge >= 0.3 is 6.03 Å². The van der Waals surface area contributed by atoms with Gasteiger partial charge in [-0.3, -0.25) is 15.0 Å². The van der Waals surface area contributed by atoms with Gasteiger partial charge in [-0.25, -0.2) is 9.18 Å². The highest BCUT2D eigenvalue weighted by molar-refractivity contribution is 9.10. The molecular formula is C6H6BrFN2O4.